The summed E-state index contributed by atoms with van der Waals surface area (Å²) in [5.74, 6) is 6.99. The van der Waals surface area contributed by atoms with E-state index in [-0.39, 0.29) is 0 Å². The highest BCUT2D eigenvalue weighted by Gasteiger charge is 2.42. The van der Waals surface area contributed by atoms with Crippen molar-refractivity contribution >= 4 is 0 Å². The number of hydrogen-bond acceptors (Lipinski definition) is 0. The smallest absolute Gasteiger partial charge is 0.0383 e. The molecule has 0 radical (unpaired) electrons. The maximum Gasteiger partial charge on any atom is -0.0383 e. The predicted octanol–water partition coefficient (Wildman–Crippen LogP) is 4.64. The van der Waals surface area contributed by atoms with E-state index >= 15 is 0 Å². The highest BCUT2D eigenvalue weighted by Crippen LogP contribution is 2.53. The normalized spacial score (nSPS) is 54.0. The van der Waals surface area contributed by atoms with E-state index in [1.54, 1.807) is 64.2 Å². The Bertz CT molecular complexity index is 241. The SMILES string of the molecule is C1CC2CC1CC2CCC1CC2CCC1C2. The molecule has 0 amide bonds. The molecule has 4 bridgehead atoms. The van der Waals surface area contributed by atoms with Crippen LogP contribution in [0.4, 0.5) is 0 Å². The Morgan fingerprint density at radius 2 is 1.06 bits per heavy atom. The summed E-state index contributed by atoms with van der Waals surface area (Å²) in [5, 5.41) is 0. The number of hydrogen-bond donors (Lipinski definition) is 0. The Hall–Kier alpha value is 0. The van der Waals surface area contributed by atoms with E-state index in [4.69, 9.17) is 0 Å². The van der Waals surface area contributed by atoms with Crippen LogP contribution in [0.25, 0.3) is 0 Å². The summed E-state index contributed by atoms with van der Waals surface area (Å²) < 4.78 is 0. The van der Waals surface area contributed by atoms with Crippen molar-refractivity contribution in [3.05, 3.63) is 0 Å². The van der Waals surface area contributed by atoms with E-state index in [1.807, 2.05) is 0 Å². The largest absolute Gasteiger partial charge is 0.0502 e. The van der Waals surface area contributed by atoms with Crippen LogP contribution in [0.1, 0.15) is 64.2 Å². The molecule has 0 aromatic rings. The van der Waals surface area contributed by atoms with Crippen molar-refractivity contribution in [1.82, 2.24) is 0 Å². The van der Waals surface area contributed by atoms with Crippen LogP contribution in [0.3, 0.4) is 0 Å². The third-order valence-electron chi connectivity index (χ3n) is 6.68. The Balaban J connectivity index is 1.30. The summed E-state index contributed by atoms with van der Waals surface area (Å²) >= 11 is 0. The van der Waals surface area contributed by atoms with Crippen LogP contribution in [0.5, 0.6) is 0 Å². The van der Waals surface area contributed by atoms with Gasteiger partial charge in [-0.1, -0.05) is 12.8 Å². The van der Waals surface area contributed by atoms with Gasteiger partial charge in [0.15, 0.2) is 0 Å². The van der Waals surface area contributed by atoms with Gasteiger partial charge in [-0.2, -0.15) is 0 Å². The van der Waals surface area contributed by atoms with Crippen molar-refractivity contribution < 1.29 is 0 Å². The molecule has 0 heterocycles. The zero-order chi connectivity index (χ0) is 10.5. The van der Waals surface area contributed by atoms with Crippen LogP contribution in [-0.2, 0) is 0 Å². The molecule has 4 fully saturated rings. The molecule has 0 aromatic carbocycles. The maximum atomic E-state index is 1.62. The summed E-state index contributed by atoms with van der Waals surface area (Å²) in [6.45, 7) is 0. The van der Waals surface area contributed by atoms with Crippen molar-refractivity contribution in [1.29, 1.82) is 0 Å². The summed E-state index contributed by atoms with van der Waals surface area (Å²) in [4.78, 5) is 0. The molecule has 6 atom stereocenters. The summed E-state index contributed by atoms with van der Waals surface area (Å²) in [6.07, 6.45) is 16.0. The molecule has 16 heavy (non-hydrogen) atoms. The number of rotatable bonds is 3. The molecule has 0 aliphatic heterocycles. The van der Waals surface area contributed by atoms with Gasteiger partial charge in [-0.05, 0) is 86.9 Å². The Kier molecular flexibility index (Phi) is 2.34. The zero-order valence-electron chi connectivity index (χ0n) is 10.5. The summed E-state index contributed by atoms with van der Waals surface area (Å²) in [6, 6.07) is 0. The first-order chi connectivity index (χ1) is 7.88. The molecule has 4 rings (SSSR count). The van der Waals surface area contributed by atoms with Crippen molar-refractivity contribution in [2.75, 3.05) is 0 Å². The maximum absolute atomic E-state index is 1.62. The minimum Gasteiger partial charge on any atom is -0.0502 e. The third-order valence-corrected chi connectivity index (χ3v) is 6.68. The third kappa shape index (κ3) is 1.56. The molecular weight excluding hydrogens is 192 g/mol. The van der Waals surface area contributed by atoms with Gasteiger partial charge in [-0.3, -0.25) is 0 Å². The lowest BCUT2D eigenvalue weighted by Gasteiger charge is -2.26. The first kappa shape index (κ1) is 9.97. The van der Waals surface area contributed by atoms with Gasteiger partial charge in [-0.15, -0.1) is 0 Å². The molecule has 4 aliphatic carbocycles. The van der Waals surface area contributed by atoms with Crippen LogP contribution in [-0.4, -0.2) is 0 Å². The molecule has 0 heteroatoms. The second kappa shape index (κ2) is 3.75. The Labute approximate surface area is 100 Å². The van der Waals surface area contributed by atoms with E-state index < -0.39 is 0 Å². The standard InChI is InChI=1S/C16H26/c1-3-13-7-11(1)9-15(13)5-6-16-10-12-2-4-14(16)8-12/h11-16H,1-10H2. The van der Waals surface area contributed by atoms with Crippen molar-refractivity contribution in [2.45, 2.75) is 64.2 Å². The molecule has 0 nitrogen and oxygen atoms in total. The summed E-state index contributed by atoms with van der Waals surface area (Å²) in [7, 11) is 0. The molecule has 0 saturated heterocycles. The van der Waals surface area contributed by atoms with Crippen molar-refractivity contribution in [3.8, 4) is 0 Å². The zero-order valence-corrected chi connectivity index (χ0v) is 10.5. The summed E-state index contributed by atoms with van der Waals surface area (Å²) in [5.41, 5.74) is 0. The van der Waals surface area contributed by atoms with Crippen LogP contribution in [0.2, 0.25) is 0 Å². The minimum atomic E-state index is 1.16. The second-order valence-corrected chi connectivity index (χ2v) is 7.45. The highest BCUT2D eigenvalue weighted by molar-refractivity contribution is 4.93. The first-order valence-corrected chi connectivity index (χ1v) is 7.88. The van der Waals surface area contributed by atoms with Gasteiger partial charge in [0, 0.05) is 0 Å². The Morgan fingerprint density at radius 3 is 1.38 bits per heavy atom. The average molecular weight is 218 g/mol. The molecule has 4 aliphatic rings. The van der Waals surface area contributed by atoms with E-state index in [1.165, 1.54) is 11.8 Å². The van der Waals surface area contributed by atoms with Gasteiger partial charge >= 0.3 is 0 Å². The molecule has 0 N–H and O–H groups in total. The average Bonchev–Trinajstić information content (AvgIpc) is 3.05. The van der Waals surface area contributed by atoms with Crippen LogP contribution < -0.4 is 0 Å². The second-order valence-electron chi connectivity index (χ2n) is 7.45. The van der Waals surface area contributed by atoms with Gasteiger partial charge in [0.05, 0.1) is 0 Å². The van der Waals surface area contributed by atoms with E-state index in [9.17, 15) is 0 Å². The Morgan fingerprint density at radius 1 is 0.562 bits per heavy atom. The predicted molar refractivity (Wildman–Crippen MR) is 67.1 cm³/mol. The van der Waals surface area contributed by atoms with E-state index in [0.29, 0.717) is 0 Å². The molecule has 0 spiro atoms. The van der Waals surface area contributed by atoms with Gasteiger partial charge < -0.3 is 0 Å². The van der Waals surface area contributed by atoms with Gasteiger partial charge in [-0.25, -0.2) is 0 Å². The van der Waals surface area contributed by atoms with Gasteiger partial charge in [0.25, 0.3) is 0 Å². The lowest BCUT2D eigenvalue weighted by molar-refractivity contribution is 0.248. The lowest BCUT2D eigenvalue weighted by Crippen LogP contribution is -2.15. The first-order valence-electron chi connectivity index (χ1n) is 7.88. The van der Waals surface area contributed by atoms with Crippen molar-refractivity contribution in [3.63, 3.8) is 0 Å². The van der Waals surface area contributed by atoms with Crippen LogP contribution in [0, 0.1) is 35.5 Å². The molecule has 4 saturated carbocycles. The van der Waals surface area contributed by atoms with Gasteiger partial charge in [0.2, 0.25) is 0 Å². The van der Waals surface area contributed by atoms with E-state index in [2.05, 4.69) is 0 Å². The quantitative estimate of drug-likeness (QED) is 0.647. The van der Waals surface area contributed by atoms with Crippen LogP contribution in [0.15, 0.2) is 0 Å². The van der Waals surface area contributed by atoms with Gasteiger partial charge in [0.1, 0.15) is 0 Å². The molecule has 6 unspecified atom stereocenters. The fraction of sp³-hybridized carbons (Fsp3) is 1.00. The number of fused-ring (bicyclic) bond motifs is 4. The minimum absolute atomic E-state index is 1.16. The van der Waals surface area contributed by atoms with Crippen molar-refractivity contribution in [2.24, 2.45) is 35.5 Å². The molecule has 90 valence electrons. The molecular formula is C16H26. The fourth-order valence-corrected chi connectivity index (χ4v) is 5.89. The monoisotopic (exact) mass is 218 g/mol. The lowest BCUT2D eigenvalue weighted by atomic mass is 9.79. The fourth-order valence-electron chi connectivity index (χ4n) is 5.89. The highest BCUT2D eigenvalue weighted by atomic mass is 14.5. The van der Waals surface area contributed by atoms with Crippen LogP contribution >= 0.6 is 0 Å². The topological polar surface area (TPSA) is 0 Å². The molecule has 0 aromatic heterocycles. The van der Waals surface area contributed by atoms with E-state index in [0.717, 1.165) is 23.7 Å².